The quantitative estimate of drug-likeness (QED) is 0.596. The minimum atomic E-state index is -2.87. The van der Waals surface area contributed by atoms with Crippen LogP contribution in [0.15, 0.2) is 0 Å². The lowest BCUT2D eigenvalue weighted by molar-refractivity contribution is -0.896. The van der Waals surface area contributed by atoms with Crippen LogP contribution >= 0.6 is 0 Å². The zero-order valence-corrected chi connectivity index (χ0v) is 13.7. The largest absolute Gasteiger partial charge is 0.462 e. The zero-order valence-electron chi connectivity index (χ0n) is 12.9. The van der Waals surface area contributed by atoms with E-state index in [-0.39, 0.29) is 59.8 Å². The summed E-state index contributed by atoms with van der Waals surface area (Å²) in [4.78, 5) is 25.4. The van der Waals surface area contributed by atoms with Crippen LogP contribution in [0.5, 0.6) is 0 Å². The van der Waals surface area contributed by atoms with Gasteiger partial charge in [-0.3, -0.25) is 9.59 Å². The number of hydrogen-bond donors (Lipinski definition) is 1. The Morgan fingerprint density at radius 3 is 2.74 bits per heavy atom. The molecule has 23 heavy (non-hydrogen) atoms. The molecule has 4 rings (SSSR count). The van der Waals surface area contributed by atoms with Crippen molar-refractivity contribution in [3.63, 3.8) is 0 Å². The van der Waals surface area contributed by atoms with Gasteiger partial charge < -0.3 is 14.4 Å². The molecule has 0 aromatic heterocycles. The second-order valence-electron chi connectivity index (χ2n) is 7.24. The SMILES string of the molecule is O=C(OCC[NH+]1CCS(=O)(=O)CC1)C1C2CC3OC(=O)C1C3C2. The lowest BCUT2D eigenvalue weighted by atomic mass is 9.80. The van der Waals surface area contributed by atoms with E-state index in [2.05, 4.69) is 0 Å². The third-order valence-corrected chi connectivity index (χ3v) is 7.64. The summed E-state index contributed by atoms with van der Waals surface area (Å²) in [6, 6.07) is 0. The summed E-state index contributed by atoms with van der Waals surface area (Å²) in [5.41, 5.74) is 0. The average molecular weight is 344 g/mol. The monoisotopic (exact) mass is 344 g/mol. The number of sulfone groups is 1. The number of esters is 2. The zero-order chi connectivity index (χ0) is 16.2. The van der Waals surface area contributed by atoms with E-state index in [0.717, 1.165) is 17.7 Å². The van der Waals surface area contributed by atoms with Crippen molar-refractivity contribution in [2.45, 2.75) is 18.9 Å². The molecule has 0 aromatic carbocycles. The molecule has 1 N–H and O–H groups in total. The van der Waals surface area contributed by atoms with Crippen molar-refractivity contribution in [3.05, 3.63) is 0 Å². The molecule has 5 unspecified atom stereocenters. The molecule has 2 saturated carbocycles. The van der Waals surface area contributed by atoms with Gasteiger partial charge in [0.2, 0.25) is 0 Å². The first kappa shape index (κ1) is 15.4. The molecule has 128 valence electrons. The lowest BCUT2D eigenvalue weighted by Gasteiger charge is -2.25. The van der Waals surface area contributed by atoms with Crippen LogP contribution in [-0.4, -0.2) is 64.2 Å². The average Bonchev–Trinajstić information content (AvgIpc) is 3.10. The van der Waals surface area contributed by atoms with Gasteiger partial charge in [0.1, 0.15) is 19.3 Å². The smallest absolute Gasteiger partial charge is 0.310 e. The number of hydrogen-bond acceptors (Lipinski definition) is 6. The molecule has 2 aliphatic carbocycles. The van der Waals surface area contributed by atoms with Gasteiger partial charge in [-0.2, -0.15) is 0 Å². The van der Waals surface area contributed by atoms with Gasteiger partial charge in [-0.25, -0.2) is 8.42 Å². The van der Waals surface area contributed by atoms with E-state index in [1.54, 1.807) is 0 Å². The summed E-state index contributed by atoms with van der Waals surface area (Å²) in [6.07, 6.45) is 1.72. The predicted molar refractivity (Wildman–Crippen MR) is 78.3 cm³/mol. The Hall–Kier alpha value is -1.15. The molecule has 2 heterocycles. The summed E-state index contributed by atoms with van der Waals surface area (Å²) >= 11 is 0. The van der Waals surface area contributed by atoms with Crippen LogP contribution in [0, 0.1) is 23.7 Å². The van der Waals surface area contributed by atoms with Crippen LogP contribution < -0.4 is 4.90 Å². The van der Waals surface area contributed by atoms with Crippen molar-refractivity contribution in [2.75, 3.05) is 37.7 Å². The predicted octanol–water partition coefficient (Wildman–Crippen LogP) is -1.96. The summed E-state index contributed by atoms with van der Waals surface area (Å²) in [6.45, 7) is 2.06. The third kappa shape index (κ3) is 2.65. The van der Waals surface area contributed by atoms with Crippen LogP contribution in [0.3, 0.4) is 0 Å². The van der Waals surface area contributed by atoms with Gasteiger partial charge in [-0.1, -0.05) is 0 Å². The van der Waals surface area contributed by atoms with E-state index in [4.69, 9.17) is 9.47 Å². The molecule has 2 bridgehead atoms. The van der Waals surface area contributed by atoms with Crippen molar-refractivity contribution in [1.29, 1.82) is 0 Å². The Kier molecular flexibility index (Phi) is 3.64. The third-order valence-electron chi connectivity index (χ3n) is 5.99. The molecule has 8 heteroatoms. The van der Waals surface area contributed by atoms with Gasteiger partial charge in [0.05, 0.1) is 36.4 Å². The van der Waals surface area contributed by atoms with E-state index < -0.39 is 9.84 Å². The van der Waals surface area contributed by atoms with E-state index in [9.17, 15) is 18.0 Å². The van der Waals surface area contributed by atoms with Crippen molar-refractivity contribution >= 4 is 21.8 Å². The fourth-order valence-electron chi connectivity index (χ4n) is 4.79. The highest BCUT2D eigenvalue weighted by molar-refractivity contribution is 7.91. The summed E-state index contributed by atoms with van der Waals surface area (Å²) in [5, 5.41) is 0. The van der Waals surface area contributed by atoms with Gasteiger partial charge >= 0.3 is 11.9 Å². The number of carbonyl (C=O) groups excluding carboxylic acids is 2. The summed E-state index contributed by atoms with van der Waals surface area (Å²) in [5.74, 6) is -0.278. The number of nitrogens with one attached hydrogen (secondary N) is 1. The van der Waals surface area contributed by atoms with Crippen LogP contribution in [0.25, 0.3) is 0 Å². The molecule has 4 fully saturated rings. The summed E-state index contributed by atoms with van der Waals surface area (Å²) in [7, 11) is -2.87. The van der Waals surface area contributed by atoms with E-state index in [0.29, 0.717) is 19.6 Å². The Morgan fingerprint density at radius 1 is 1.26 bits per heavy atom. The highest BCUT2D eigenvalue weighted by atomic mass is 32.2. The first-order valence-electron chi connectivity index (χ1n) is 8.36. The molecule has 0 amide bonds. The van der Waals surface area contributed by atoms with Crippen molar-refractivity contribution in [2.24, 2.45) is 23.7 Å². The number of rotatable bonds is 4. The topological polar surface area (TPSA) is 91.2 Å². The van der Waals surface area contributed by atoms with Crippen LogP contribution in [-0.2, 0) is 28.9 Å². The van der Waals surface area contributed by atoms with Crippen molar-refractivity contribution < 1.29 is 32.4 Å². The van der Waals surface area contributed by atoms with Crippen LogP contribution in [0.4, 0.5) is 0 Å². The Morgan fingerprint density at radius 2 is 2.00 bits per heavy atom. The van der Waals surface area contributed by atoms with Gasteiger partial charge in [0.25, 0.3) is 0 Å². The molecule has 2 saturated heterocycles. The fourth-order valence-corrected chi connectivity index (χ4v) is 6.20. The number of carbonyl (C=O) groups is 2. The first-order valence-corrected chi connectivity index (χ1v) is 10.2. The van der Waals surface area contributed by atoms with Gasteiger partial charge in [-0.05, 0) is 18.8 Å². The molecule has 7 nitrogen and oxygen atoms in total. The van der Waals surface area contributed by atoms with Crippen LogP contribution in [0.2, 0.25) is 0 Å². The van der Waals surface area contributed by atoms with Gasteiger partial charge in [-0.15, -0.1) is 0 Å². The molecular weight excluding hydrogens is 322 g/mol. The molecule has 4 aliphatic rings. The number of fused-ring (bicyclic) bond motifs is 1. The van der Waals surface area contributed by atoms with Gasteiger partial charge in [0.15, 0.2) is 9.84 Å². The van der Waals surface area contributed by atoms with Crippen LogP contribution in [0.1, 0.15) is 12.8 Å². The Balaban J connectivity index is 1.27. The number of ether oxygens (including phenoxy) is 2. The van der Waals surface area contributed by atoms with Crippen molar-refractivity contribution in [3.8, 4) is 0 Å². The minimum absolute atomic E-state index is 0.0290. The fraction of sp³-hybridized carbons (Fsp3) is 0.867. The molecule has 2 aliphatic heterocycles. The van der Waals surface area contributed by atoms with E-state index >= 15 is 0 Å². The van der Waals surface area contributed by atoms with E-state index in [1.165, 1.54) is 0 Å². The molecule has 0 spiro atoms. The lowest BCUT2D eigenvalue weighted by Crippen LogP contribution is -3.14. The maximum absolute atomic E-state index is 12.4. The molecule has 0 radical (unpaired) electrons. The van der Waals surface area contributed by atoms with E-state index in [1.807, 2.05) is 0 Å². The second kappa shape index (κ2) is 5.44. The second-order valence-corrected chi connectivity index (χ2v) is 9.55. The molecule has 5 atom stereocenters. The number of quaternary nitrogens is 1. The van der Waals surface area contributed by atoms with Gasteiger partial charge in [0, 0.05) is 5.92 Å². The summed E-state index contributed by atoms with van der Waals surface area (Å²) < 4.78 is 33.5. The highest BCUT2D eigenvalue weighted by Gasteiger charge is 2.64. The normalized spacial score (nSPS) is 41.0. The minimum Gasteiger partial charge on any atom is -0.462 e. The molecular formula is C15H22NO6S+. The maximum atomic E-state index is 12.4. The standard InChI is InChI=1S/C15H21NO6S/c17-14(21-4-1-16-2-5-23(19,20)6-3-16)12-9-7-10-11(8-9)22-15(18)13(10)12/h9-13H,1-8H2/p+1. The van der Waals surface area contributed by atoms with Crippen molar-refractivity contribution in [1.82, 2.24) is 0 Å². The Bertz CT molecular complexity index is 616. The Labute approximate surface area is 135 Å². The molecule has 0 aromatic rings. The highest BCUT2D eigenvalue weighted by Crippen LogP contribution is 2.57. The first-order chi connectivity index (χ1) is 10.9. The maximum Gasteiger partial charge on any atom is 0.310 e.